The van der Waals surface area contributed by atoms with E-state index in [1.165, 1.54) is 22.7 Å². The van der Waals surface area contributed by atoms with Crippen molar-refractivity contribution in [3.8, 4) is 5.75 Å². The molecule has 1 aliphatic rings. The highest BCUT2D eigenvalue weighted by atomic mass is 32.2. The monoisotopic (exact) mass is 367 g/mol. The molecule has 3 rings (SSSR count). The Bertz CT molecular complexity index is 762. The van der Waals surface area contributed by atoms with Crippen molar-refractivity contribution in [1.29, 1.82) is 0 Å². The third-order valence-electron chi connectivity index (χ3n) is 3.79. The van der Waals surface area contributed by atoms with Gasteiger partial charge in [-0.3, -0.25) is 9.69 Å². The van der Waals surface area contributed by atoms with Crippen molar-refractivity contribution < 1.29 is 22.7 Å². The van der Waals surface area contributed by atoms with Crippen LogP contribution in [0.4, 0.5) is 18.9 Å². The number of ether oxygens (including phenoxy) is 1. The number of halogens is 3. The van der Waals surface area contributed by atoms with Crippen LogP contribution in [0.1, 0.15) is 23.4 Å². The number of benzene rings is 2. The maximum absolute atomic E-state index is 13.0. The molecular weight excluding hydrogens is 351 g/mol. The van der Waals surface area contributed by atoms with Crippen molar-refractivity contribution in [3.63, 3.8) is 0 Å². The smallest absolute Gasteiger partial charge is 0.416 e. The van der Waals surface area contributed by atoms with E-state index in [0.29, 0.717) is 23.6 Å². The quantitative estimate of drug-likeness (QED) is 0.771. The summed E-state index contributed by atoms with van der Waals surface area (Å²) < 4.78 is 44.3. The van der Waals surface area contributed by atoms with E-state index in [-0.39, 0.29) is 11.7 Å². The van der Waals surface area contributed by atoms with Gasteiger partial charge in [-0.15, -0.1) is 11.8 Å². The first-order valence-electron chi connectivity index (χ1n) is 7.74. The SMILES string of the molecule is CCOc1ccc(N2C(=O)CS[C@@H]2c2cccc(C(F)(F)F)c2)cc1. The third-order valence-corrected chi connectivity index (χ3v) is 5.01. The average molecular weight is 367 g/mol. The standard InChI is InChI=1S/C18H16F3NO2S/c1-2-24-15-8-6-14(7-9-15)22-16(23)11-25-17(22)12-4-3-5-13(10-12)18(19,20)21/h3-10,17H,2,11H2,1H3/t17-/m1/s1. The number of alkyl halides is 3. The Labute approximate surface area is 147 Å². The van der Waals surface area contributed by atoms with Crippen LogP contribution in [-0.4, -0.2) is 18.3 Å². The van der Waals surface area contributed by atoms with Gasteiger partial charge in [-0.25, -0.2) is 0 Å². The molecule has 1 saturated heterocycles. The summed E-state index contributed by atoms with van der Waals surface area (Å²) in [6.07, 6.45) is -4.41. The Morgan fingerprint density at radius 2 is 1.92 bits per heavy atom. The maximum Gasteiger partial charge on any atom is 0.416 e. The van der Waals surface area contributed by atoms with Gasteiger partial charge in [-0.1, -0.05) is 12.1 Å². The number of anilines is 1. The summed E-state index contributed by atoms with van der Waals surface area (Å²) in [5.41, 5.74) is 0.386. The molecule has 7 heteroatoms. The molecule has 0 N–H and O–H groups in total. The zero-order valence-electron chi connectivity index (χ0n) is 13.4. The predicted molar refractivity (Wildman–Crippen MR) is 91.7 cm³/mol. The molecule has 0 aliphatic carbocycles. The van der Waals surface area contributed by atoms with Crippen LogP contribution in [0.2, 0.25) is 0 Å². The number of amides is 1. The molecule has 1 fully saturated rings. The molecule has 25 heavy (non-hydrogen) atoms. The zero-order valence-corrected chi connectivity index (χ0v) is 14.2. The molecule has 0 bridgehead atoms. The van der Waals surface area contributed by atoms with Gasteiger partial charge >= 0.3 is 6.18 Å². The van der Waals surface area contributed by atoms with Crippen molar-refractivity contribution in [2.45, 2.75) is 18.5 Å². The van der Waals surface area contributed by atoms with Gasteiger partial charge in [-0.2, -0.15) is 13.2 Å². The fourth-order valence-corrected chi connectivity index (χ4v) is 3.85. The number of carbonyl (C=O) groups excluding carboxylic acids is 1. The largest absolute Gasteiger partial charge is 0.494 e. The molecule has 0 saturated carbocycles. The lowest BCUT2D eigenvalue weighted by molar-refractivity contribution is -0.137. The Kier molecular flexibility index (Phi) is 4.94. The molecular formula is C18H16F3NO2S. The lowest BCUT2D eigenvalue weighted by atomic mass is 10.1. The number of hydrogen-bond acceptors (Lipinski definition) is 3. The van der Waals surface area contributed by atoms with E-state index in [1.807, 2.05) is 6.92 Å². The van der Waals surface area contributed by atoms with Crippen LogP contribution in [0.15, 0.2) is 48.5 Å². The van der Waals surface area contributed by atoms with Gasteiger partial charge in [0, 0.05) is 5.69 Å². The molecule has 2 aromatic rings. The normalized spacial score (nSPS) is 17.8. The summed E-state index contributed by atoms with van der Waals surface area (Å²) in [7, 11) is 0. The molecule has 0 aromatic heterocycles. The van der Waals surface area contributed by atoms with E-state index in [0.717, 1.165) is 12.1 Å². The molecule has 1 aliphatic heterocycles. The first kappa shape index (κ1) is 17.7. The van der Waals surface area contributed by atoms with E-state index in [2.05, 4.69) is 0 Å². The summed E-state index contributed by atoms with van der Waals surface area (Å²) >= 11 is 1.32. The minimum absolute atomic E-state index is 0.128. The maximum atomic E-state index is 13.0. The highest BCUT2D eigenvalue weighted by Gasteiger charge is 2.36. The number of carbonyl (C=O) groups is 1. The van der Waals surface area contributed by atoms with Crippen molar-refractivity contribution in [2.24, 2.45) is 0 Å². The molecule has 0 unspecified atom stereocenters. The van der Waals surface area contributed by atoms with E-state index in [9.17, 15) is 18.0 Å². The summed E-state index contributed by atoms with van der Waals surface area (Å²) in [4.78, 5) is 13.8. The van der Waals surface area contributed by atoms with Crippen LogP contribution in [0.5, 0.6) is 5.75 Å². The van der Waals surface area contributed by atoms with Gasteiger partial charge < -0.3 is 4.74 Å². The van der Waals surface area contributed by atoms with Crippen LogP contribution in [0.25, 0.3) is 0 Å². The predicted octanol–water partition coefficient (Wildman–Crippen LogP) is 4.88. The van der Waals surface area contributed by atoms with Crippen molar-refractivity contribution in [1.82, 2.24) is 0 Å². The van der Waals surface area contributed by atoms with Crippen LogP contribution >= 0.6 is 11.8 Å². The first-order valence-corrected chi connectivity index (χ1v) is 8.78. The van der Waals surface area contributed by atoms with Gasteiger partial charge in [0.05, 0.1) is 17.9 Å². The second-order valence-corrected chi connectivity index (χ2v) is 6.55. The van der Waals surface area contributed by atoms with Crippen LogP contribution < -0.4 is 9.64 Å². The summed E-state index contributed by atoms with van der Waals surface area (Å²) in [5, 5.41) is -0.479. The topological polar surface area (TPSA) is 29.5 Å². The van der Waals surface area contributed by atoms with Crippen molar-refractivity contribution >= 4 is 23.4 Å². The Balaban J connectivity index is 1.92. The van der Waals surface area contributed by atoms with Crippen LogP contribution in [0.3, 0.4) is 0 Å². The van der Waals surface area contributed by atoms with Crippen molar-refractivity contribution in [2.75, 3.05) is 17.3 Å². The van der Waals surface area contributed by atoms with E-state index in [4.69, 9.17) is 4.74 Å². The zero-order chi connectivity index (χ0) is 18.0. The van der Waals surface area contributed by atoms with Crippen LogP contribution in [0, 0.1) is 0 Å². The molecule has 3 nitrogen and oxygen atoms in total. The molecule has 132 valence electrons. The summed E-state index contributed by atoms with van der Waals surface area (Å²) in [6.45, 7) is 2.41. The fraction of sp³-hybridized carbons (Fsp3) is 0.278. The minimum atomic E-state index is -4.41. The third kappa shape index (κ3) is 3.76. The molecule has 1 atom stereocenters. The summed E-state index contributed by atoms with van der Waals surface area (Å²) in [6, 6.07) is 12.1. The lowest BCUT2D eigenvalue weighted by Crippen LogP contribution is -2.27. The van der Waals surface area contributed by atoms with Gasteiger partial charge in [0.25, 0.3) is 0 Å². The van der Waals surface area contributed by atoms with Gasteiger partial charge in [0.2, 0.25) is 5.91 Å². The number of thioether (sulfide) groups is 1. The van der Waals surface area contributed by atoms with Gasteiger partial charge in [-0.05, 0) is 48.9 Å². The average Bonchev–Trinajstić information content (AvgIpc) is 2.97. The highest BCUT2D eigenvalue weighted by Crippen LogP contribution is 2.43. The van der Waals surface area contributed by atoms with Gasteiger partial charge in [0.1, 0.15) is 11.1 Å². The number of rotatable bonds is 4. The van der Waals surface area contributed by atoms with E-state index in [1.54, 1.807) is 30.3 Å². The fourth-order valence-electron chi connectivity index (χ4n) is 2.69. The van der Waals surface area contributed by atoms with E-state index >= 15 is 0 Å². The van der Waals surface area contributed by atoms with Gasteiger partial charge in [0.15, 0.2) is 0 Å². The van der Waals surface area contributed by atoms with Crippen molar-refractivity contribution in [3.05, 3.63) is 59.7 Å². The van der Waals surface area contributed by atoms with E-state index < -0.39 is 17.1 Å². The molecule has 2 aromatic carbocycles. The number of nitrogens with zero attached hydrogens (tertiary/aromatic N) is 1. The minimum Gasteiger partial charge on any atom is -0.494 e. The number of hydrogen-bond donors (Lipinski definition) is 0. The second-order valence-electron chi connectivity index (χ2n) is 5.48. The summed E-state index contributed by atoms with van der Waals surface area (Å²) in [5.74, 6) is 0.784. The highest BCUT2D eigenvalue weighted by molar-refractivity contribution is 8.00. The Morgan fingerprint density at radius 1 is 1.20 bits per heavy atom. The molecule has 0 radical (unpaired) electrons. The Hall–Kier alpha value is -2.15. The lowest BCUT2D eigenvalue weighted by Gasteiger charge is -2.25. The second kappa shape index (κ2) is 7.00. The molecule has 1 heterocycles. The molecule has 1 amide bonds. The molecule has 0 spiro atoms. The van der Waals surface area contributed by atoms with Crippen LogP contribution in [-0.2, 0) is 11.0 Å². The first-order chi connectivity index (χ1) is 11.9. The Morgan fingerprint density at radius 3 is 2.56 bits per heavy atom.